The molecule has 2 amide bonds. The molecule has 0 aromatic heterocycles. The Kier molecular flexibility index (Phi) is 3.31. The number of amides is 2. The van der Waals surface area contributed by atoms with Crippen LogP contribution in [0.3, 0.4) is 0 Å². The second-order valence-corrected chi connectivity index (χ2v) is 6.27. The van der Waals surface area contributed by atoms with Crippen LogP contribution in [0.15, 0.2) is 24.3 Å². The maximum Gasteiger partial charge on any atom is 0.228 e. The molecule has 100 valence electrons. The lowest BCUT2D eigenvalue weighted by Gasteiger charge is -2.20. The van der Waals surface area contributed by atoms with E-state index in [0.717, 1.165) is 24.3 Å². The second-order valence-electron chi connectivity index (χ2n) is 4.97. The molecule has 0 bridgehead atoms. The van der Waals surface area contributed by atoms with E-state index >= 15 is 0 Å². The molecule has 1 aromatic carbocycles. The molecule has 0 N–H and O–H groups in total. The number of hydrogen-bond donors (Lipinski definition) is 0. The fourth-order valence-electron chi connectivity index (χ4n) is 2.66. The van der Waals surface area contributed by atoms with Crippen LogP contribution in [-0.4, -0.2) is 29.7 Å². The SMILES string of the molecule is O=C1CCCN1c1cccc(N2CC(Br)CC2=O)c1. The zero-order valence-corrected chi connectivity index (χ0v) is 12.1. The molecule has 0 saturated carbocycles. The van der Waals surface area contributed by atoms with E-state index in [1.807, 2.05) is 24.3 Å². The number of nitrogens with zero attached hydrogens (tertiary/aromatic N) is 2. The van der Waals surface area contributed by atoms with Crippen molar-refractivity contribution in [3.63, 3.8) is 0 Å². The number of benzene rings is 1. The van der Waals surface area contributed by atoms with E-state index in [2.05, 4.69) is 15.9 Å². The molecule has 2 fully saturated rings. The summed E-state index contributed by atoms with van der Waals surface area (Å²) in [5, 5.41) is 0. The van der Waals surface area contributed by atoms with Gasteiger partial charge in [0.1, 0.15) is 0 Å². The van der Waals surface area contributed by atoms with Gasteiger partial charge < -0.3 is 9.80 Å². The van der Waals surface area contributed by atoms with Crippen LogP contribution in [0.1, 0.15) is 19.3 Å². The van der Waals surface area contributed by atoms with Gasteiger partial charge in [0.25, 0.3) is 0 Å². The number of rotatable bonds is 2. The van der Waals surface area contributed by atoms with Crippen LogP contribution >= 0.6 is 15.9 Å². The van der Waals surface area contributed by atoms with Crippen molar-refractivity contribution < 1.29 is 9.59 Å². The zero-order valence-electron chi connectivity index (χ0n) is 10.5. The molecule has 1 atom stereocenters. The third-order valence-corrected chi connectivity index (χ3v) is 4.22. The molecule has 2 saturated heterocycles. The topological polar surface area (TPSA) is 40.6 Å². The highest BCUT2D eigenvalue weighted by molar-refractivity contribution is 9.09. The van der Waals surface area contributed by atoms with E-state index in [1.165, 1.54) is 0 Å². The standard InChI is InChI=1S/C14H15BrN2O2/c15-10-7-14(19)17(9-10)12-4-1-3-11(8-12)16-6-2-5-13(16)18/h1,3-4,8,10H,2,5-7,9H2. The molecule has 3 rings (SSSR count). The highest BCUT2D eigenvalue weighted by Crippen LogP contribution is 2.29. The van der Waals surface area contributed by atoms with E-state index < -0.39 is 0 Å². The van der Waals surface area contributed by atoms with Gasteiger partial charge in [-0.2, -0.15) is 0 Å². The minimum Gasteiger partial charge on any atom is -0.312 e. The largest absolute Gasteiger partial charge is 0.312 e. The fraction of sp³-hybridized carbons (Fsp3) is 0.429. The van der Waals surface area contributed by atoms with Crippen LogP contribution < -0.4 is 9.80 Å². The van der Waals surface area contributed by atoms with Gasteiger partial charge in [0.2, 0.25) is 11.8 Å². The van der Waals surface area contributed by atoms with Crippen molar-refractivity contribution in [1.29, 1.82) is 0 Å². The first-order valence-corrected chi connectivity index (χ1v) is 7.41. The number of halogens is 1. The Labute approximate surface area is 120 Å². The van der Waals surface area contributed by atoms with Crippen molar-refractivity contribution in [1.82, 2.24) is 0 Å². The Morgan fingerprint density at radius 1 is 1.11 bits per heavy atom. The smallest absolute Gasteiger partial charge is 0.228 e. The van der Waals surface area contributed by atoms with Gasteiger partial charge in [-0.1, -0.05) is 22.0 Å². The summed E-state index contributed by atoms with van der Waals surface area (Å²) < 4.78 is 0. The van der Waals surface area contributed by atoms with Crippen LogP contribution in [0, 0.1) is 0 Å². The first-order valence-electron chi connectivity index (χ1n) is 6.50. The van der Waals surface area contributed by atoms with Crippen molar-refractivity contribution in [2.45, 2.75) is 24.1 Å². The van der Waals surface area contributed by atoms with Gasteiger partial charge in [-0.3, -0.25) is 9.59 Å². The lowest BCUT2D eigenvalue weighted by atomic mass is 10.2. The Hall–Kier alpha value is -1.36. The van der Waals surface area contributed by atoms with Crippen molar-refractivity contribution in [2.75, 3.05) is 22.9 Å². The maximum absolute atomic E-state index is 11.9. The molecule has 5 heteroatoms. The molecule has 4 nitrogen and oxygen atoms in total. The quantitative estimate of drug-likeness (QED) is 0.784. The van der Waals surface area contributed by atoms with Gasteiger partial charge in [-0.05, 0) is 24.6 Å². The minimum atomic E-state index is 0.131. The lowest BCUT2D eigenvalue weighted by molar-refractivity contribution is -0.117. The van der Waals surface area contributed by atoms with Crippen LogP contribution in [-0.2, 0) is 9.59 Å². The highest BCUT2D eigenvalue weighted by atomic mass is 79.9. The lowest BCUT2D eigenvalue weighted by Crippen LogP contribution is -2.26. The monoisotopic (exact) mass is 322 g/mol. The first-order chi connectivity index (χ1) is 9.15. The van der Waals surface area contributed by atoms with Crippen molar-refractivity contribution >= 4 is 39.1 Å². The molecule has 19 heavy (non-hydrogen) atoms. The third-order valence-electron chi connectivity index (χ3n) is 3.60. The predicted molar refractivity (Wildman–Crippen MR) is 77.7 cm³/mol. The van der Waals surface area contributed by atoms with Crippen LogP contribution in [0.2, 0.25) is 0 Å². The Bertz CT molecular complexity index is 532. The summed E-state index contributed by atoms with van der Waals surface area (Å²) in [5.41, 5.74) is 1.77. The van der Waals surface area contributed by atoms with Gasteiger partial charge >= 0.3 is 0 Å². The summed E-state index contributed by atoms with van der Waals surface area (Å²) in [4.78, 5) is 27.5. The average molecular weight is 323 g/mol. The van der Waals surface area contributed by atoms with E-state index in [9.17, 15) is 9.59 Å². The van der Waals surface area contributed by atoms with Crippen molar-refractivity contribution in [2.24, 2.45) is 0 Å². The summed E-state index contributed by atoms with van der Waals surface area (Å²) in [7, 11) is 0. The van der Waals surface area contributed by atoms with Gasteiger partial charge in [-0.25, -0.2) is 0 Å². The Balaban J connectivity index is 1.88. The molecular formula is C14H15BrN2O2. The summed E-state index contributed by atoms with van der Waals surface area (Å²) in [6, 6.07) is 7.70. The van der Waals surface area contributed by atoms with E-state index in [0.29, 0.717) is 19.4 Å². The molecule has 0 aliphatic carbocycles. The summed E-state index contributed by atoms with van der Waals surface area (Å²) in [6.45, 7) is 1.47. The molecule has 2 heterocycles. The number of carbonyl (C=O) groups is 2. The molecule has 1 aromatic rings. The number of alkyl halides is 1. The molecule has 2 aliphatic rings. The van der Waals surface area contributed by atoms with Crippen molar-refractivity contribution in [3.8, 4) is 0 Å². The van der Waals surface area contributed by atoms with Crippen LogP contribution in [0.25, 0.3) is 0 Å². The first kappa shape index (κ1) is 12.7. The maximum atomic E-state index is 11.9. The van der Waals surface area contributed by atoms with Gasteiger partial charge in [0.15, 0.2) is 0 Å². The molecule has 1 unspecified atom stereocenters. The Morgan fingerprint density at radius 2 is 1.84 bits per heavy atom. The summed E-state index contributed by atoms with van der Waals surface area (Å²) >= 11 is 3.48. The van der Waals surface area contributed by atoms with Gasteiger partial charge in [0.05, 0.1) is 0 Å². The number of carbonyl (C=O) groups excluding carboxylic acids is 2. The molecule has 2 aliphatic heterocycles. The second kappa shape index (κ2) is 4.96. The zero-order chi connectivity index (χ0) is 13.4. The number of hydrogen-bond acceptors (Lipinski definition) is 2. The molecular weight excluding hydrogens is 308 g/mol. The minimum absolute atomic E-state index is 0.131. The van der Waals surface area contributed by atoms with Gasteiger partial charge in [0, 0.05) is 42.1 Å². The van der Waals surface area contributed by atoms with E-state index in [4.69, 9.17) is 0 Å². The third kappa shape index (κ3) is 2.39. The van der Waals surface area contributed by atoms with Crippen LogP contribution in [0.5, 0.6) is 0 Å². The average Bonchev–Trinajstić information content (AvgIpc) is 2.95. The normalized spacial score (nSPS) is 23.5. The van der Waals surface area contributed by atoms with E-state index in [1.54, 1.807) is 9.80 Å². The highest BCUT2D eigenvalue weighted by Gasteiger charge is 2.29. The molecule has 0 spiro atoms. The summed E-state index contributed by atoms with van der Waals surface area (Å²) in [6.07, 6.45) is 2.07. The Morgan fingerprint density at radius 3 is 2.42 bits per heavy atom. The fourth-order valence-corrected chi connectivity index (χ4v) is 3.23. The molecule has 0 radical (unpaired) electrons. The van der Waals surface area contributed by atoms with Gasteiger partial charge in [-0.15, -0.1) is 0 Å². The predicted octanol–water partition coefficient (Wildman–Crippen LogP) is 2.31. The van der Waals surface area contributed by atoms with E-state index in [-0.39, 0.29) is 16.6 Å². The number of anilines is 2. The van der Waals surface area contributed by atoms with Crippen molar-refractivity contribution in [3.05, 3.63) is 24.3 Å². The van der Waals surface area contributed by atoms with Crippen LogP contribution in [0.4, 0.5) is 11.4 Å². The summed E-state index contributed by atoms with van der Waals surface area (Å²) in [5.74, 6) is 0.301.